The lowest BCUT2D eigenvalue weighted by atomic mass is 10.2. The average Bonchev–Trinajstić information content (AvgIpc) is 2.92. The molecule has 0 saturated carbocycles. The summed E-state index contributed by atoms with van der Waals surface area (Å²) in [7, 11) is 0. The van der Waals surface area contributed by atoms with Gasteiger partial charge in [-0.25, -0.2) is 4.52 Å². The van der Waals surface area contributed by atoms with Gasteiger partial charge in [0.15, 0.2) is 0 Å². The van der Waals surface area contributed by atoms with Crippen LogP contribution in [0.1, 0.15) is 0 Å². The number of fused-ring (bicyclic) bond motifs is 3. The van der Waals surface area contributed by atoms with E-state index < -0.39 is 0 Å². The molecular weight excluding hydrogens is 236 g/mol. The largest absolute Gasteiger partial charge is 0.254 e. The van der Waals surface area contributed by atoms with E-state index in [1.165, 1.54) is 0 Å². The van der Waals surface area contributed by atoms with Crippen LogP contribution in [0.15, 0.2) is 60.8 Å². The van der Waals surface area contributed by atoms with Gasteiger partial charge in [-0.1, -0.05) is 35.5 Å². The number of hydrogen-bond donors (Lipinski definition) is 0. The van der Waals surface area contributed by atoms with E-state index in [1.807, 2.05) is 47.0 Å². The first-order valence-corrected chi connectivity index (χ1v) is 6.08. The molecule has 3 heterocycles. The zero-order chi connectivity index (χ0) is 12.7. The van der Waals surface area contributed by atoms with Gasteiger partial charge in [0, 0.05) is 11.6 Å². The lowest BCUT2D eigenvalue weighted by molar-refractivity contribution is 0.883. The molecule has 4 rings (SSSR count). The molecule has 0 atom stereocenters. The van der Waals surface area contributed by atoms with Crippen LogP contribution in [-0.2, 0) is 0 Å². The molecule has 0 unspecified atom stereocenters. The number of rotatable bonds is 1. The van der Waals surface area contributed by atoms with Crippen LogP contribution in [0.25, 0.3) is 27.8 Å². The van der Waals surface area contributed by atoms with Crippen molar-refractivity contribution in [3.8, 4) is 11.4 Å². The summed E-state index contributed by atoms with van der Waals surface area (Å²) in [6.07, 6.45) is 1.77. The van der Waals surface area contributed by atoms with Crippen molar-refractivity contribution in [3.05, 3.63) is 60.8 Å². The first-order valence-electron chi connectivity index (χ1n) is 6.08. The van der Waals surface area contributed by atoms with Gasteiger partial charge in [-0.3, -0.25) is 4.98 Å². The predicted molar refractivity (Wildman–Crippen MR) is 73.7 cm³/mol. The van der Waals surface area contributed by atoms with Gasteiger partial charge >= 0.3 is 0 Å². The Hall–Kier alpha value is -2.75. The Kier molecular flexibility index (Phi) is 2.08. The SMILES string of the molecule is c1ccc(-c2nnn3c2ccc2ccccc23)nc1. The molecule has 0 amide bonds. The maximum absolute atomic E-state index is 4.34. The number of benzene rings is 1. The molecular formula is C15H10N4. The topological polar surface area (TPSA) is 43.1 Å². The molecule has 4 nitrogen and oxygen atoms in total. The Labute approximate surface area is 109 Å². The van der Waals surface area contributed by atoms with E-state index in [2.05, 4.69) is 27.4 Å². The normalized spacial score (nSPS) is 11.2. The number of nitrogens with zero attached hydrogens (tertiary/aromatic N) is 4. The highest BCUT2D eigenvalue weighted by Gasteiger charge is 2.10. The molecule has 0 N–H and O–H groups in total. The minimum atomic E-state index is 0.811. The Morgan fingerprint density at radius 2 is 1.68 bits per heavy atom. The first kappa shape index (κ1) is 10.2. The van der Waals surface area contributed by atoms with Gasteiger partial charge in [0.1, 0.15) is 5.69 Å². The maximum Gasteiger partial charge on any atom is 0.139 e. The zero-order valence-corrected chi connectivity index (χ0v) is 10.1. The van der Waals surface area contributed by atoms with Crippen molar-refractivity contribution in [2.75, 3.05) is 0 Å². The van der Waals surface area contributed by atoms with Crippen LogP contribution >= 0.6 is 0 Å². The zero-order valence-electron chi connectivity index (χ0n) is 10.1. The highest BCUT2D eigenvalue weighted by Crippen LogP contribution is 2.23. The van der Waals surface area contributed by atoms with Crippen LogP contribution in [0.4, 0.5) is 0 Å². The molecule has 19 heavy (non-hydrogen) atoms. The van der Waals surface area contributed by atoms with Crippen LogP contribution in [0.5, 0.6) is 0 Å². The van der Waals surface area contributed by atoms with Crippen molar-refractivity contribution in [1.82, 2.24) is 19.8 Å². The minimum Gasteiger partial charge on any atom is -0.254 e. The van der Waals surface area contributed by atoms with Crippen molar-refractivity contribution >= 4 is 16.4 Å². The molecule has 4 heteroatoms. The van der Waals surface area contributed by atoms with Gasteiger partial charge in [0.25, 0.3) is 0 Å². The smallest absolute Gasteiger partial charge is 0.139 e. The average molecular weight is 246 g/mol. The Balaban J connectivity index is 2.08. The minimum absolute atomic E-state index is 0.811. The van der Waals surface area contributed by atoms with Crippen molar-refractivity contribution < 1.29 is 0 Å². The van der Waals surface area contributed by atoms with E-state index >= 15 is 0 Å². The predicted octanol–water partition coefficient (Wildman–Crippen LogP) is 2.94. The quantitative estimate of drug-likeness (QED) is 0.518. The summed E-state index contributed by atoms with van der Waals surface area (Å²) in [5.41, 5.74) is 3.67. The standard InChI is InChI=1S/C15H10N4/c1-2-7-13-11(5-1)8-9-14-15(17-18-19(13)14)12-6-3-4-10-16-12/h1-10H. The van der Waals surface area contributed by atoms with E-state index in [0.29, 0.717) is 0 Å². The second-order valence-electron chi connectivity index (χ2n) is 4.34. The second-order valence-corrected chi connectivity index (χ2v) is 4.34. The van der Waals surface area contributed by atoms with Gasteiger partial charge in [0.05, 0.1) is 16.7 Å². The Bertz CT molecular complexity index is 865. The summed E-state index contributed by atoms with van der Waals surface area (Å²) in [5.74, 6) is 0. The fourth-order valence-corrected chi connectivity index (χ4v) is 2.29. The van der Waals surface area contributed by atoms with Crippen molar-refractivity contribution in [2.45, 2.75) is 0 Å². The third kappa shape index (κ3) is 1.50. The van der Waals surface area contributed by atoms with Crippen molar-refractivity contribution in [1.29, 1.82) is 0 Å². The van der Waals surface area contributed by atoms with Gasteiger partial charge < -0.3 is 0 Å². The number of pyridine rings is 2. The highest BCUT2D eigenvalue weighted by atomic mass is 15.4. The summed E-state index contributed by atoms with van der Waals surface area (Å²) in [6.45, 7) is 0. The molecule has 0 radical (unpaired) electrons. The number of hydrogen-bond acceptors (Lipinski definition) is 3. The summed E-state index contributed by atoms with van der Waals surface area (Å²) in [6, 6.07) is 18.0. The Morgan fingerprint density at radius 1 is 0.789 bits per heavy atom. The summed E-state index contributed by atoms with van der Waals surface area (Å²) >= 11 is 0. The maximum atomic E-state index is 4.34. The van der Waals surface area contributed by atoms with Crippen LogP contribution in [-0.4, -0.2) is 19.8 Å². The molecule has 0 aliphatic heterocycles. The van der Waals surface area contributed by atoms with E-state index in [9.17, 15) is 0 Å². The van der Waals surface area contributed by atoms with Gasteiger partial charge in [-0.05, 0) is 24.3 Å². The lowest BCUT2D eigenvalue weighted by Gasteiger charge is -2.00. The van der Waals surface area contributed by atoms with E-state index in [4.69, 9.17) is 0 Å². The number of aromatic nitrogens is 4. The van der Waals surface area contributed by atoms with Gasteiger partial charge in [-0.15, -0.1) is 5.10 Å². The molecule has 4 aromatic rings. The number of para-hydroxylation sites is 1. The molecule has 3 aromatic heterocycles. The van der Waals surface area contributed by atoms with E-state index in [0.717, 1.165) is 27.8 Å². The molecule has 90 valence electrons. The summed E-state index contributed by atoms with van der Waals surface area (Å²) in [5, 5.41) is 9.66. The molecule has 0 aliphatic rings. The third-order valence-corrected chi connectivity index (χ3v) is 3.20. The van der Waals surface area contributed by atoms with Gasteiger partial charge in [-0.2, -0.15) is 0 Å². The molecule has 1 aromatic carbocycles. The van der Waals surface area contributed by atoms with Crippen molar-refractivity contribution in [3.63, 3.8) is 0 Å². The molecule has 0 aliphatic carbocycles. The van der Waals surface area contributed by atoms with Crippen LogP contribution < -0.4 is 0 Å². The highest BCUT2D eigenvalue weighted by molar-refractivity contribution is 5.86. The van der Waals surface area contributed by atoms with Gasteiger partial charge in [0.2, 0.25) is 0 Å². The van der Waals surface area contributed by atoms with Crippen molar-refractivity contribution in [2.24, 2.45) is 0 Å². The molecule has 0 spiro atoms. The Morgan fingerprint density at radius 3 is 2.58 bits per heavy atom. The van der Waals surface area contributed by atoms with Crippen LogP contribution in [0.3, 0.4) is 0 Å². The molecule has 0 saturated heterocycles. The second kappa shape index (κ2) is 3.88. The van der Waals surface area contributed by atoms with E-state index in [1.54, 1.807) is 6.20 Å². The van der Waals surface area contributed by atoms with E-state index in [-0.39, 0.29) is 0 Å². The summed E-state index contributed by atoms with van der Waals surface area (Å²) < 4.78 is 1.86. The molecule has 0 bridgehead atoms. The monoisotopic (exact) mass is 246 g/mol. The lowest BCUT2D eigenvalue weighted by Crippen LogP contribution is -1.89. The molecule has 0 fully saturated rings. The first-order chi connectivity index (χ1) is 9.43. The fourth-order valence-electron chi connectivity index (χ4n) is 2.29. The van der Waals surface area contributed by atoms with Crippen LogP contribution in [0.2, 0.25) is 0 Å². The van der Waals surface area contributed by atoms with Crippen LogP contribution in [0, 0.1) is 0 Å². The third-order valence-electron chi connectivity index (χ3n) is 3.20. The summed E-state index contributed by atoms with van der Waals surface area (Å²) in [4.78, 5) is 4.34. The fraction of sp³-hybridized carbons (Fsp3) is 0.